The molecule has 0 fully saturated rings. The largest absolute Gasteiger partial charge is 0.496 e. The maximum atomic E-state index is 13.9. The zero-order valence-electron chi connectivity index (χ0n) is 18.8. The Labute approximate surface area is 202 Å². The number of aliphatic hydroxyl groups is 1. The molecule has 1 atom stereocenters. The summed E-state index contributed by atoms with van der Waals surface area (Å²) in [5, 5.41) is 14.9. The van der Waals surface area contributed by atoms with Crippen LogP contribution in [0, 0.1) is 6.92 Å². The molecule has 0 saturated heterocycles. The van der Waals surface area contributed by atoms with Gasteiger partial charge in [0.2, 0.25) is 5.60 Å². The zero-order valence-corrected chi connectivity index (χ0v) is 19.6. The molecule has 0 spiro atoms. The molecule has 1 aromatic heterocycles. The van der Waals surface area contributed by atoms with Crippen molar-refractivity contribution in [2.24, 2.45) is 0 Å². The van der Waals surface area contributed by atoms with Crippen LogP contribution in [0.4, 0.5) is 5.69 Å². The van der Waals surface area contributed by atoms with E-state index >= 15 is 0 Å². The molecule has 34 heavy (non-hydrogen) atoms. The second kappa shape index (κ2) is 9.91. The third-order valence-electron chi connectivity index (χ3n) is 5.50. The topological polar surface area (TPSA) is 78.9 Å². The van der Waals surface area contributed by atoms with Gasteiger partial charge in [0.05, 0.1) is 17.7 Å². The van der Waals surface area contributed by atoms with Gasteiger partial charge in [0, 0.05) is 11.1 Å². The van der Waals surface area contributed by atoms with E-state index in [2.05, 4.69) is 5.43 Å². The van der Waals surface area contributed by atoms with Crippen molar-refractivity contribution in [2.75, 3.05) is 12.1 Å². The van der Waals surface area contributed by atoms with Crippen LogP contribution in [0.5, 0.6) is 5.75 Å². The second-order valence-electron chi connectivity index (χ2n) is 7.62. The number of carbonyl (C=O) groups excluding carboxylic acids is 2. The molecule has 4 rings (SSSR count). The second-order valence-corrected chi connectivity index (χ2v) is 8.57. The van der Waals surface area contributed by atoms with Crippen molar-refractivity contribution in [3.05, 3.63) is 118 Å². The predicted octanol–water partition coefficient (Wildman–Crippen LogP) is 4.68. The first-order valence-electron chi connectivity index (χ1n) is 10.6. The van der Waals surface area contributed by atoms with Gasteiger partial charge >= 0.3 is 0 Å². The molecule has 4 aromatic rings. The molecule has 0 aliphatic rings. The Morgan fingerprint density at radius 3 is 2.26 bits per heavy atom. The molecular formula is C27H24N2O4S. The summed E-state index contributed by atoms with van der Waals surface area (Å²) in [4.78, 5) is 27.8. The summed E-state index contributed by atoms with van der Waals surface area (Å²) in [5.41, 5.74) is 2.54. The van der Waals surface area contributed by atoms with Crippen LogP contribution in [0.3, 0.4) is 0 Å². The van der Waals surface area contributed by atoms with E-state index in [0.717, 1.165) is 5.56 Å². The minimum Gasteiger partial charge on any atom is -0.496 e. The average Bonchev–Trinajstić information content (AvgIpc) is 3.43. The van der Waals surface area contributed by atoms with E-state index in [1.807, 2.05) is 25.1 Å². The van der Waals surface area contributed by atoms with Gasteiger partial charge in [-0.15, -0.1) is 11.3 Å². The minimum absolute atomic E-state index is 0.273. The molecule has 2 amide bonds. The summed E-state index contributed by atoms with van der Waals surface area (Å²) >= 11 is 1.23. The molecule has 1 heterocycles. The number of thiophene rings is 1. The monoisotopic (exact) mass is 472 g/mol. The lowest BCUT2D eigenvalue weighted by Crippen LogP contribution is -2.54. The normalized spacial score (nSPS) is 12.4. The highest BCUT2D eigenvalue weighted by atomic mass is 32.1. The number of para-hydroxylation sites is 2. The Morgan fingerprint density at radius 2 is 1.59 bits per heavy atom. The fourth-order valence-electron chi connectivity index (χ4n) is 3.72. The number of anilines is 1. The molecule has 0 bridgehead atoms. The number of methoxy groups -OCH3 is 1. The number of rotatable bonds is 6. The van der Waals surface area contributed by atoms with Crippen molar-refractivity contribution in [1.29, 1.82) is 0 Å². The third kappa shape index (κ3) is 4.31. The van der Waals surface area contributed by atoms with Crippen molar-refractivity contribution in [3.8, 4) is 5.75 Å². The summed E-state index contributed by atoms with van der Waals surface area (Å²) in [6.45, 7) is 1.85. The van der Waals surface area contributed by atoms with Gasteiger partial charge in [0.1, 0.15) is 5.75 Å². The molecule has 0 unspecified atom stereocenters. The fraction of sp³-hybridized carbons (Fsp3) is 0.111. The first kappa shape index (κ1) is 23.2. The highest BCUT2D eigenvalue weighted by Crippen LogP contribution is 2.38. The SMILES string of the molecule is COc1ccccc1[C@@](O)(C(=O)NN(C(=O)c1ccccc1)c1ccccc1C)c1cccs1. The van der Waals surface area contributed by atoms with E-state index < -0.39 is 17.4 Å². The number of hydrogen-bond donors (Lipinski definition) is 2. The lowest BCUT2D eigenvalue weighted by Gasteiger charge is -2.32. The van der Waals surface area contributed by atoms with E-state index in [9.17, 15) is 14.7 Å². The van der Waals surface area contributed by atoms with Crippen molar-refractivity contribution < 1.29 is 19.4 Å². The molecule has 0 aliphatic heterocycles. The highest BCUT2D eigenvalue weighted by Gasteiger charge is 2.44. The molecule has 0 radical (unpaired) electrons. The smallest absolute Gasteiger partial charge is 0.281 e. The lowest BCUT2D eigenvalue weighted by molar-refractivity contribution is -0.136. The van der Waals surface area contributed by atoms with Gasteiger partial charge in [-0.25, -0.2) is 5.01 Å². The van der Waals surface area contributed by atoms with Crippen LogP contribution in [-0.4, -0.2) is 24.0 Å². The standard InChI is InChI=1S/C27H24N2O4S/c1-19-11-6-8-15-22(19)29(25(30)20-12-4-3-5-13-20)28-26(31)27(32,24-17-10-18-34-24)21-14-7-9-16-23(21)33-2/h3-18,32H,1-2H3,(H,28,31)/t27-/m0/s1. The number of aryl methyl sites for hydroxylation is 1. The Balaban J connectivity index is 1.82. The number of nitrogens with zero attached hydrogens (tertiary/aromatic N) is 1. The summed E-state index contributed by atoms with van der Waals surface area (Å²) < 4.78 is 5.45. The van der Waals surface area contributed by atoms with E-state index in [0.29, 0.717) is 21.9 Å². The van der Waals surface area contributed by atoms with Gasteiger partial charge in [-0.05, 0) is 48.2 Å². The Morgan fingerprint density at radius 1 is 0.912 bits per heavy atom. The van der Waals surface area contributed by atoms with Gasteiger partial charge in [0.25, 0.3) is 11.8 Å². The molecule has 0 saturated carbocycles. The van der Waals surface area contributed by atoms with Gasteiger partial charge in [-0.2, -0.15) is 0 Å². The average molecular weight is 473 g/mol. The lowest BCUT2D eigenvalue weighted by atomic mass is 9.90. The fourth-order valence-corrected chi connectivity index (χ4v) is 4.56. The Bertz CT molecular complexity index is 1290. The van der Waals surface area contributed by atoms with Crippen LogP contribution >= 0.6 is 11.3 Å². The summed E-state index contributed by atoms with van der Waals surface area (Å²) in [5.74, 6) is -0.867. The van der Waals surface area contributed by atoms with E-state index in [1.165, 1.54) is 23.5 Å². The van der Waals surface area contributed by atoms with Crippen molar-refractivity contribution >= 4 is 28.8 Å². The molecule has 172 valence electrons. The van der Waals surface area contributed by atoms with E-state index in [-0.39, 0.29) is 5.56 Å². The maximum absolute atomic E-state index is 13.9. The molecule has 2 N–H and O–H groups in total. The molecular weight excluding hydrogens is 448 g/mol. The molecule has 7 heteroatoms. The highest BCUT2D eigenvalue weighted by molar-refractivity contribution is 7.10. The number of benzene rings is 3. The van der Waals surface area contributed by atoms with Crippen molar-refractivity contribution in [3.63, 3.8) is 0 Å². The number of hydrogen-bond acceptors (Lipinski definition) is 5. The summed E-state index contributed by atoms with van der Waals surface area (Å²) in [6, 6.07) is 26.1. The zero-order chi connectivity index (χ0) is 24.1. The molecule has 3 aromatic carbocycles. The third-order valence-corrected chi connectivity index (χ3v) is 6.48. The minimum atomic E-state index is -2.10. The number of amides is 2. The van der Waals surface area contributed by atoms with E-state index in [4.69, 9.17) is 4.74 Å². The van der Waals surface area contributed by atoms with Gasteiger partial charge in [0.15, 0.2) is 0 Å². The molecule has 6 nitrogen and oxygen atoms in total. The Kier molecular flexibility index (Phi) is 6.77. The van der Waals surface area contributed by atoms with Crippen molar-refractivity contribution in [1.82, 2.24) is 5.43 Å². The van der Waals surface area contributed by atoms with Crippen LogP contribution < -0.4 is 15.2 Å². The van der Waals surface area contributed by atoms with Crippen LogP contribution in [0.15, 0.2) is 96.4 Å². The number of hydrazine groups is 1. The first-order chi connectivity index (χ1) is 16.5. The summed E-state index contributed by atoms with van der Waals surface area (Å²) in [7, 11) is 1.48. The van der Waals surface area contributed by atoms with E-state index in [1.54, 1.807) is 78.2 Å². The van der Waals surface area contributed by atoms with Crippen LogP contribution in [0.25, 0.3) is 0 Å². The summed E-state index contributed by atoms with van der Waals surface area (Å²) in [6.07, 6.45) is 0. The van der Waals surface area contributed by atoms with Crippen LogP contribution in [0.1, 0.15) is 26.4 Å². The van der Waals surface area contributed by atoms with Gasteiger partial charge in [-0.1, -0.05) is 60.7 Å². The first-order valence-corrected chi connectivity index (χ1v) is 11.5. The number of carbonyl (C=O) groups is 2. The quantitative estimate of drug-likeness (QED) is 0.400. The van der Waals surface area contributed by atoms with Gasteiger partial charge in [-0.3, -0.25) is 15.0 Å². The van der Waals surface area contributed by atoms with Crippen LogP contribution in [0.2, 0.25) is 0 Å². The van der Waals surface area contributed by atoms with Gasteiger partial charge < -0.3 is 9.84 Å². The Hall–Kier alpha value is -3.94. The predicted molar refractivity (Wildman–Crippen MR) is 133 cm³/mol. The van der Waals surface area contributed by atoms with Crippen molar-refractivity contribution in [2.45, 2.75) is 12.5 Å². The number of nitrogens with one attached hydrogen (secondary N) is 1. The van der Waals surface area contributed by atoms with Crippen LogP contribution in [-0.2, 0) is 10.4 Å². The molecule has 0 aliphatic carbocycles. The maximum Gasteiger partial charge on any atom is 0.281 e. The number of ether oxygens (including phenoxy) is 1.